The molecule has 2 aromatic carbocycles. The molecule has 0 aliphatic heterocycles. The third kappa shape index (κ3) is 5.19. The van der Waals surface area contributed by atoms with Gasteiger partial charge in [-0.25, -0.2) is 12.8 Å². The van der Waals surface area contributed by atoms with Gasteiger partial charge in [-0.2, -0.15) is 0 Å². The van der Waals surface area contributed by atoms with Gasteiger partial charge in [-0.3, -0.25) is 10.1 Å². The van der Waals surface area contributed by atoms with Crippen LogP contribution in [0, 0.1) is 12.7 Å². The maximum atomic E-state index is 13.8. The van der Waals surface area contributed by atoms with Crippen LogP contribution in [0.1, 0.15) is 24.5 Å². The van der Waals surface area contributed by atoms with Gasteiger partial charge in [0, 0.05) is 0 Å². The molecule has 0 spiro atoms. The highest BCUT2D eigenvalue weighted by Gasteiger charge is 2.25. The van der Waals surface area contributed by atoms with Gasteiger partial charge >= 0.3 is 0 Å². The summed E-state index contributed by atoms with van der Waals surface area (Å²) in [6, 6.07) is 12.9. The summed E-state index contributed by atoms with van der Waals surface area (Å²) in [6.45, 7) is 3.54. The summed E-state index contributed by atoms with van der Waals surface area (Å²) in [5.41, 5.74) is 1.53. The van der Waals surface area contributed by atoms with E-state index in [-0.39, 0.29) is 27.4 Å². The smallest absolute Gasteiger partial charge is 0.267 e. The molecule has 3 aromatic rings. The monoisotopic (exact) mass is 449 g/mol. The quantitative estimate of drug-likeness (QED) is 0.526. The van der Waals surface area contributed by atoms with Crippen LogP contribution in [-0.4, -0.2) is 30.6 Å². The van der Waals surface area contributed by atoms with Crippen LogP contribution in [0.2, 0.25) is 0 Å². The number of aromatic nitrogens is 2. The Morgan fingerprint density at radius 2 is 1.87 bits per heavy atom. The molecule has 0 bridgehead atoms. The molecule has 0 saturated carbocycles. The minimum atomic E-state index is -3.72. The lowest BCUT2D eigenvalue weighted by Crippen LogP contribution is -2.32. The number of para-hydroxylation sites is 1. The first-order valence-corrected chi connectivity index (χ1v) is 11.6. The summed E-state index contributed by atoms with van der Waals surface area (Å²) in [7, 11) is -3.72. The van der Waals surface area contributed by atoms with Gasteiger partial charge in [-0.1, -0.05) is 54.7 Å². The summed E-state index contributed by atoms with van der Waals surface area (Å²) < 4.78 is 44.3. The topological polar surface area (TPSA) is 98.2 Å². The number of hydrogen-bond acceptors (Lipinski definition) is 7. The minimum Gasteiger partial charge on any atom is -0.478 e. The predicted octanol–water partition coefficient (Wildman–Crippen LogP) is 3.76. The Morgan fingerprint density at radius 3 is 2.57 bits per heavy atom. The molecule has 0 radical (unpaired) electrons. The van der Waals surface area contributed by atoms with Gasteiger partial charge in [0.25, 0.3) is 5.91 Å². The molecule has 10 heteroatoms. The molecule has 3 rings (SSSR count). The number of halogens is 1. The zero-order valence-electron chi connectivity index (χ0n) is 16.3. The molecule has 1 aromatic heterocycles. The summed E-state index contributed by atoms with van der Waals surface area (Å²) >= 11 is 0.759. The van der Waals surface area contributed by atoms with Crippen LogP contribution < -0.4 is 10.1 Å². The van der Waals surface area contributed by atoms with E-state index in [1.54, 1.807) is 25.1 Å². The van der Waals surface area contributed by atoms with Crippen molar-refractivity contribution in [3.05, 3.63) is 65.5 Å². The van der Waals surface area contributed by atoms with Gasteiger partial charge in [-0.05, 0) is 36.6 Å². The summed E-state index contributed by atoms with van der Waals surface area (Å²) in [5, 5.41) is 9.99. The third-order valence-corrected chi connectivity index (χ3v) is 7.23. The molecule has 0 aliphatic rings. The molecule has 0 saturated heterocycles. The van der Waals surface area contributed by atoms with Crippen molar-refractivity contribution in [3.63, 3.8) is 0 Å². The molecule has 0 aliphatic carbocycles. The number of nitrogens with zero attached hydrogens (tertiary/aromatic N) is 2. The molecule has 1 N–H and O–H groups in total. The first kappa shape index (κ1) is 21.8. The Morgan fingerprint density at radius 1 is 1.17 bits per heavy atom. The van der Waals surface area contributed by atoms with Crippen molar-refractivity contribution in [2.24, 2.45) is 0 Å². The number of amides is 1. The molecule has 0 fully saturated rings. The lowest BCUT2D eigenvalue weighted by Gasteiger charge is -2.16. The van der Waals surface area contributed by atoms with Crippen LogP contribution in [0.5, 0.6) is 5.75 Å². The highest BCUT2D eigenvalue weighted by molar-refractivity contribution is 7.92. The zero-order chi connectivity index (χ0) is 21.7. The second-order valence-electron chi connectivity index (χ2n) is 6.49. The number of nitrogens with one attached hydrogen (secondary N) is 1. The maximum absolute atomic E-state index is 13.8. The van der Waals surface area contributed by atoms with Crippen LogP contribution >= 0.6 is 11.3 Å². The molecule has 1 amide bonds. The fourth-order valence-corrected chi connectivity index (χ4v) is 5.05. The molecule has 30 heavy (non-hydrogen) atoms. The van der Waals surface area contributed by atoms with E-state index in [4.69, 9.17) is 4.74 Å². The number of benzene rings is 2. The first-order valence-electron chi connectivity index (χ1n) is 9.13. The fourth-order valence-electron chi connectivity index (χ4n) is 2.63. The van der Waals surface area contributed by atoms with Gasteiger partial charge in [0.15, 0.2) is 17.7 Å². The number of rotatable bonds is 8. The Bertz CT molecular complexity index is 1150. The number of anilines is 1. The molecule has 1 heterocycles. The van der Waals surface area contributed by atoms with E-state index in [0.717, 1.165) is 16.9 Å². The average Bonchev–Trinajstić information content (AvgIpc) is 3.18. The van der Waals surface area contributed by atoms with Crippen molar-refractivity contribution < 1.29 is 22.3 Å². The summed E-state index contributed by atoms with van der Waals surface area (Å²) in [6.07, 6.45) is -0.699. The van der Waals surface area contributed by atoms with E-state index in [9.17, 15) is 17.6 Å². The normalized spacial score (nSPS) is 12.4. The van der Waals surface area contributed by atoms with Crippen molar-refractivity contribution >= 4 is 32.2 Å². The fraction of sp³-hybridized carbons (Fsp3) is 0.250. The molecular weight excluding hydrogens is 429 g/mol. The van der Waals surface area contributed by atoms with Gasteiger partial charge in [0.2, 0.25) is 19.3 Å². The number of ether oxygens (including phenoxy) is 1. The third-order valence-electron chi connectivity index (χ3n) is 4.28. The van der Waals surface area contributed by atoms with Crippen molar-refractivity contribution in [3.8, 4) is 5.75 Å². The minimum absolute atomic E-state index is 0.0268. The lowest BCUT2D eigenvalue weighted by atomic mass is 10.1. The van der Waals surface area contributed by atoms with Gasteiger partial charge in [-0.15, -0.1) is 10.2 Å². The van der Waals surface area contributed by atoms with Crippen LogP contribution in [0.3, 0.4) is 0 Å². The van der Waals surface area contributed by atoms with Crippen LogP contribution in [0.25, 0.3) is 0 Å². The van der Waals surface area contributed by atoms with Gasteiger partial charge in [0.05, 0.1) is 5.75 Å². The van der Waals surface area contributed by atoms with Crippen molar-refractivity contribution in [1.82, 2.24) is 10.2 Å². The average molecular weight is 450 g/mol. The molecule has 7 nitrogen and oxygen atoms in total. The Hall–Kier alpha value is -2.85. The molecule has 158 valence electrons. The Balaban J connectivity index is 1.70. The van der Waals surface area contributed by atoms with Crippen LogP contribution in [0.4, 0.5) is 9.52 Å². The van der Waals surface area contributed by atoms with Gasteiger partial charge in [0.1, 0.15) is 0 Å². The predicted molar refractivity (Wildman–Crippen MR) is 112 cm³/mol. The van der Waals surface area contributed by atoms with E-state index >= 15 is 0 Å². The number of hydrogen-bond donors (Lipinski definition) is 1. The Kier molecular flexibility index (Phi) is 6.78. The standard InChI is InChI=1S/C20H20FN3O4S2/c1-3-16(28-17-11-7-6-10-15(17)21)18(25)22-19-23-24-20(29-19)30(26,27)12-14-9-5-4-8-13(14)2/h4-11,16H,3,12H2,1-2H3,(H,22,23,25)/t16-/m0/s1. The zero-order valence-corrected chi connectivity index (χ0v) is 18.0. The highest BCUT2D eigenvalue weighted by atomic mass is 32.2. The van der Waals surface area contributed by atoms with Crippen LogP contribution in [-0.2, 0) is 20.4 Å². The molecule has 0 unspecified atom stereocenters. The van der Waals surface area contributed by atoms with E-state index in [1.165, 1.54) is 18.2 Å². The van der Waals surface area contributed by atoms with E-state index in [2.05, 4.69) is 15.5 Å². The number of sulfone groups is 1. The van der Waals surface area contributed by atoms with Gasteiger partial charge < -0.3 is 4.74 Å². The molecule has 1 atom stereocenters. The van der Waals surface area contributed by atoms with Crippen molar-refractivity contribution in [2.45, 2.75) is 36.5 Å². The maximum Gasteiger partial charge on any atom is 0.267 e. The van der Waals surface area contributed by atoms with E-state index < -0.39 is 27.7 Å². The highest BCUT2D eigenvalue weighted by Crippen LogP contribution is 2.25. The second-order valence-corrected chi connectivity index (χ2v) is 9.63. The number of carbonyl (C=O) groups is 1. The van der Waals surface area contributed by atoms with E-state index in [1.807, 2.05) is 19.1 Å². The van der Waals surface area contributed by atoms with Crippen molar-refractivity contribution in [1.29, 1.82) is 0 Å². The first-order chi connectivity index (χ1) is 14.3. The molecular formula is C20H20FN3O4S2. The summed E-state index contributed by atoms with van der Waals surface area (Å²) in [5.74, 6) is -1.40. The summed E-state index contributed by atoms with van der Waals surface area (Å²) in [4.78, 5) is 12.5. The van der Waals surface area contributed by atoms with E-state index in [0.29, 0.717) is 5.56 Å². The second kappa shape index (κ2) is 9.31. The van der Waals surface area contributed by atoms with Crippen molar-refractivity contribution in [2.75, 3.05) is 5.32 Å². The largest absolute Gasteiger partial charge is 0.478 e. The number of aryl methyl sites for hydroxylation is 1. The number of carbonyl (C=O) groups excluding carboxylic acids is 1. The SMILES string of the molecule is CC[C@H](Oc1ccccc1F)C(=O)Nc1nnc(S(=O)(=O)Cc2ccccc2C)s1. The van der Waals surface area contributed by atoms with Crippen LogP contribution in [0.15, 0.2) is 52.9 Å². The lowest BCUT2D eigenvalue weighted by molar-refractivity contribution is -0.122. The Labute approximate surface area is 177 Å².